The summed E-state index contributed by atoms with van der Waals surface area (Å²) < 4.78 is 0. The molecule has 0 radical (unpaired) electrons. The van der Waals surface area contributed by atoms with E-state index in [1.807, 2.05) is 11.8 Å². The molecule has 104 valence electrons. The van der Waals surface area contributed by atoms with Crippen LogP contribution in [0, 0.1) is 5.92 Å². The Morgan fingerprint density at radius 2 is 2.11 bits per heavy atom. The number of nitrogens with zero attached hydrogens (tertiary/aromatic N) is 1. The predicted molar refractivity (Wildman–Crippen MR) is 82.4 cm³/mol. The van der Waals surface area contributed by atoms with E-state index in [1.165, 1.54) is 55.9 Å². The molecule has 0 aromatic rings. The maximum Gasteiger partial charge on any atom is 0.157 e. The Bertz CT molecular complexity index is 303. The van der Waals surface area contributed by atoms with Crippen LogP contribution in [0.25, 0.3) is 0 Å². The van der Waals surface area contributed by atoms with Gasteiger partial charge in [-0.05, 0) is 38.5 Å². The van der Waals surface area contributed by atoms with Gasteiger partial charge in [0.15, 0.2) is 5.17 Å². The lowest BCUT2D eigenvalue weighted by molar-refractivity contribution is 0.300. The van der Waals surface area contributed by atoms with Crippen molar-refractivity contribution in [2.24, 2.45) is 10.9 Å². The fourth-order valence-electron chi connectivity index (χ4n) is 3.05. The number of nitrogens with one attached hydrogen (secondary N) is 1. The van der Waals surface area contributed by atoms with Crippen molar-refractivity contribution in [3.05, 3.63) is 0 Å². The van der Waals surface area contributed by atoms with Crippen molar-refractivity contribution in [1.82, 2.24) is 5.32 Å². The molecule has 3 heteroatoms. The molecule has 1 aliphatic carbocycles. The third kappa shape index (κ3) is 3.43. The van der Waals surface area contributed by atoms with Crippen molar-refractivity contribution >= 4 is 16.9 Å². The van der Waals surface area contributed by atoms with Gasteiger partial charge < -0.3 is 5.32 Å². The first-order valence-corrected chi connectivity index (χ1v) is 8.64. The second-order valence-electron chi connectivity index (χ2n) is 6.09. The van der Waals surface area contributed by atoms with Crippen molar-refractivity contribution in [3.8, 4) is 0 Å². The summed E-state index contributed by atoms with van der Waals surface area (Å²) in [5, 5.41) is 4.90. The lowest BCUT2D eigenvalue weighted by Crippen LogP contribution is -2.48. The molecule has 0 amide bonds. The maximum atomic E-state index is 5.06. The van der Waals surface area contributed by atoms with E-state index in [4.69, 9.17) is 4.99 Å². The zero-order chi connectivity index (χ0) is 13.0. The van der Waals surface area contributed by atoms with Crippen LogP contribution in [0.1, 0.15) is 65.7 Å². The average molecular weight is 268 g/mol. The predicted octanol–water partition coefficient (Wildman–Crippen LogP) is 4.21. The molecule has 2 aliphatic rings. The Hall–Kier alpha value is -0.180. The molecule has 2 nitrogen and oxygen atoms in total. The van der Waals surface area contributed by atoms with Gasteiger partial charge in [0.25, 0.3) is 0 Å². The maximum absolute atomic E-state index is 5.06. The second kappa shape index (κ2) is 6.31. The van der Waals surface area contributed by atoms with Crippen molar-refractivity contribution < 1.29 is 0 Å². The summed E-state index contributed by atoms with van der Waals surface area (Å²) in [4.78, 5) is 5.06. The smallest absolute Gasteiger partial charge is 0.157 e. The lowest BCUT2D eigenvalue weighted by atomic mass is 9.83. The van der Waals surface area contributed by atoms with E-state index in [2.05, 4.69) is 26.1 Å². The summed E-state index contributed by atoms with van der Waals surface area (Å²) in [7, 11) is 0. The second-order valence-corrected chi connectivity index (χ2v) is 7.18. The fourth-order valence-corrected chi connectivity index (χ4v) is 4.32. The van der Waals surface area contributed by atoms with Crippen LogP contribution in [0.5, 0.6) is 0 Å². The standard InChI is InChI=1S/C15H28N2S/c1-4-12-8-6-7-9-13(12)16-14-17-15(3,5-2)10-11-18-14/h12-13H,4-11H2,1-3H3,(H,16,17). The van der Waals surface area contributed by atoms with Crippen LogP contribution < -0.4 is 5.32 Å². The number of aliphatic imine (C=N–C) groups is 1. The first-order valence-electron chi connectivity index (χ1n) is 7.65. The first kappa shape index (κ1) is 14.2. The minimum absolute atomic E-state index is 0.278. The van der Waals surface area contributed by atoms with Gasteiger partial charge in [-0.2, -0.15) is 0 Å². The molecular weight excluding hydrogens is 240 g/mol. The summed E-state index contributed by atoms with van der Waals surface area (Å²) >= 11 is 1.93. The van der Waals surface area contributed by atoms with E-state index in [0.717, 1.165) is 5.92 Å². The Balaban J connectivity index is 2.02. The molecular formula is C15H28N2S. The van der Waals surface area contributed by atoms with Gasteiger partial charge in [-0.15, -0.1) is 0 Å². The van der Waals surface area contributed by atoms with Crippen molar-refractivity contribution in [2.45, 2.75) is 77.3 Å². The van der Waals surface area contributed by atoms with Crippen LogP contribution in [-0.2, 0) is 0 Å². The van der Waals surface area contributed by atoms with Gasteiger partial charge in [-0.25, -0.2) is 0 Å². The molecule has 1 saturated carbocycles. The van der Waals surface area contributed by atoms with Crippen LogP contribution in [0.3, 0.4) is 0 Å². The Labute approximate surface area is 116 Å². The van der Waals surface area contributed by atoms with Crippen molar-refractivity contribution in [2.75, 3.05) is 5.75 Å². The zero-order valence-corrected chi connectivity index (χ0v) is 13.0. The molecule has 2 rings (SSSR count). The van der Waals surface area contributed by atoms with Crippen LogP contribution in [0.4, 0.5) is 0 Å². The van der Waals surface area contributed by atoms with Gasteiger partial charge in [0.1, 0.15) is 0 Å². The number of thioether (sulfide) groups is 1. The minimum atomic E-state index is 0.278. The topological polar surface area (TPSA) is 24.4 Å². The summed E-state index contributed by atoms with van der Waals surface area (Å²) in [5.74, 6) is 2.04. The molecule has 1 N–H and O–H groups in total. The third-order valence-electron chi connectivity index (χ3n) is 4.76. The molecule has 0 bridgehead atoms. The highest BCUT2D eigenvalue weighted by Crippen LogP contribution is 2.31. The number of hydrogen-bond acceptors (Lipinski definition) is 2. The third-order valence-corrected chi connectivity index (χ3v) is 5.65. The molecule has 1 heterocycles. The lowest BCUT2D eigenvalue weighted by Gasteiger charge is -2.36. The summed E-state index contributed by atoms with van der Waals surface area (Å²) in [6.45, 7) is 6.93. The van der Waals surface area contributed by atoms with E-state index >= 15 is 0 Å². The quantitative estimate of drug-likeness (QED) is 0.829. The molecule has 18 heavy (non-hydrogen) atoms. The highest BCUT2D eigenvalue weighted by Gasteiger charge is 2.29. The highest BCUT2D eigenvalue weighted by molar-refractivity contribution is 8.13. The van der Waals surface area contributed by atoms with E-state index in [-0.39, 0.29) is 5.54 Å². The van der Waals surface area contributed by atoms with Gasteiger partial charge in [-0.1, -0.05) is 44.9 Å². The molecule has 1 saturated heterocycles. The van der Waals surface area contributed by atoms with Gasteiger partial charge in [-0.3, -0.25) is 4.99 Å². The van der Waals surface area contributed by atoms with E-state index < -0.39 is 0 Å². The number of hydrogen-bond donors (Lipinski definition) is 1. The largest absolute Gasteiger partial charge is 0.360 e. The molecule has 1 aliphatic heterocycles. The summed E-state index contributed by atoms with van der Waals surface area (Å²) in [6.07, 6.45) is 9.20. The summed E-state index contributed by atoms with van der Waals surface area (Å²) in [6, 6.07) is 0.581. The van der Waals surface area contributed by atoms with Crippen LogP contribution in [0.15, 0.2) is 4.99 Å². The zero-order valence-electron chi connectivity index (χ0n) is 12.2. The number of rotatable bonds is 3. The first-order chi connectivity index (χ1) is 8.67. The Kier molecular flexibility index (Phi) is 4.99. The fraction of sp³-hybridized carbons (Fsp3) is 0.933. The summed E-state index contributed by atoms with van der Waals surface area (Å²) in [5.41, 5.74) is 0.278. The minimum Gasteiger partial charge on any atom is -0.360 e. The number of amidine groups is 1. The Morgan fingerprint density at radius 3 is 2.83 bits per heavy atom. The van der Waals surface area contributed by atoms with E-state index in [0.29, 0.717) is 6.04 Å². The SMILES string of the molecule is CCC1CCCCC1N=C1NC(C)(CC)CCS1. The van der Waals surface area contributed by atoms with Gasteiger partial charge in [0.05, 0.1) is 6.04 Å². The van der Waals surface area contributed by atoms with Crippen LogP contribution >= 0.6 is 11.8 Å². The van der Waals surface area contributed by atoms with Crippen LogP contribution in [-0.4, -0.2) is 22.5 Å². The molecule has 3 unspecified atom stereocenters. The van der Waals surface area contributed by atoms with Crippen molar-refractivity contribution in [1.29, 1.82) is 0 Å². The van der Waals surface area contributed by atoms with Crippen LogP contribution in [0.2, 0.25) is 0 Å². The molecule has 0 spiro atoms. The van der Waals surface area contributed by atoms with Gasteiger partial charge >= 0.3 is 0 Å². The monoisotopic (exact) mass is 268 g/mol. The Morgan fingerprint density at radius 1 is 1.33 bits per heavy atom. The molecule has 0 aromatic heterocycles. The highest BCUT2D eigenvalue weighted by atomic mass is 32.2. The molecule has 0 aromatic carbocycles. The average Bonchev–Trinajstić information content (AvgIpc) is 2.39. The van der Waals surface area contributed by atoms with Gasteiger partial charge in [0, 0.05) is 11.3 Å². The molecule has 3 atom stereocenters. The van der Waals surface area contributed by atoms with Crippen molar-refractivity contribution in [3.63, 3.8) is 0 Å². The molecule has 2 fully saturated rings. The van der Waals surface area contributed by atoms with Gasteiger partial charge in [0.2, 0.25) is 0 Å². The van der Waals surface area contributed by atoms with E-state index in [1.54, 1.807) is 0 Å². The van der Waals surface area contributed by atoms with E-state index in [9.17, 15) is 0 Å². The normalized spacial score (nSPS) is 39.6.